The standard InChI is InChI=1S/C36H57NO7/c1-8-22-23-10-11-26-34(7)29(38)28-27(20(3)16-25(43-28)30(42-9-2)32(4,5)40)33(34,6)14-15-36(26)19-35(23,36)13-12-24(22)44-31(39)37-21-17-41-18-21/h8,20-21,23-30,38,40H,9-19H2,1-7H3,(H,37,39)/b22-8-/t20-,23+,24?,25-,26?,27+,28+,29+,30+,33?,34-,35?,36?/m1/s1. The quantitative estimate of drug-likeness (QED) is 0.344. The number of nitrogens with one attached hydrogen (secondary N) is 1. The molecule has 8 heteroatoms. The van der Waals surface area contributed by atoms with Crippen LogP contribution in [0, 0.1) is 45.3 Å². The Morgan fingerprint density at radius 3 is 2.55 bits per heavy atom. The Balaban J connectivity index is 1.14. The summed E-state index contributed by atoms with van der Waals surface area (Å²) in [5, 5.41) is 26.5. The molecule has 1 amide bonds. The van der Waals surface area contributed by atoms with Crippen molar-refractivity contribution in [3.8, 4) is 0 Å². The lowest BCUT2D eigenvalue weighted by atomic mass is 9.42. The molecule has 0 aromatic heterocycles. The van der Waals surface area contributed by atoms with Crippen LogP contribution < -0.4 is 5.32 Å². The van der Waals surface area contributed by atoms with Gasteiger partial charge in [0, 0.05) is 12.0 Å². The number of ether oxygens (including phenoxy) is 4. The summed E-state index contributed by atoms with van der Waals surface area (Å²) in [6.07, 6.45) is 8.81. The maximum absolute atomic E-state index is 12.7. The Morgan fingerprint density at radius 2 is 1.91 bits per heavy atom. The normalized spacial score (nSPS) is 51.2. The first-order valence-electron chi connectivity index (χ1n) is 17.7. The first-order valence-corrected chi connectivity index (χ1v) is 17.7. The van der Waals surface area contributed by atoms with Crippen molar-refractivity contribution in [2.45, 2.75) is 142 Å². The molecule has 2 saturated heterocycles. The number of hydrogen-bond acceptors (Lipinski definition) is 7. The van der Waals surface area contributed by atoms with Gasteiger partial charge < -0.3 is 34.5 Å². The van der Waals surface area contributed by atoms with Crippen molar-refractivity contribution in [2.24, 2.45) is 45.3 Å². The number of rotatable bonds is 6. The number of alkyl carbamates (subject to hydrolysis) is 1. The maximum Gasteiger partial charge on any atom is 0.408 e. The van der Waals surface area contributed by atoms with Crippen molar-refractivity contribution < 1.29 is 34.0 Å². The molecule has 0 aromatic rings. The van der Waals surface area contributed by atoms with Crippen LogP contribution in [0.1, 0.15) is 99.8 Å². The molecule has 2 aliphatic heterocycles. The predicted molar refractivity (Wildman–Crippen MR) is 166 cm³/mol. The third-order valence-corrected chi connectivity index (χ3v) is 14.7. The van der Waals surface area contributed by atoms with Crippen molar-refractivity contribution in [3.05, 3.63) is 11.6 Å². The lowest BCUT2D eigenvalue weighted by molar-refractivity contribution is -0.215. The summed E-state index contributed by atoms with van der Waals surface area (Å²) in [4.78, 5) is 12.7. The van der Waals surface area contributed by atoms with Gasteiger partial charge in [-0.3, -0.25) is 0 Å². The highest BCUT2D eigenvalue weighted by Crippen LogP contribution is 2.88. The third-order valence-electron chi connectivity index (χ3n) is 14.7. The molecule has 5 unspecified atom stereocenters. The predicted octanol–water partition coefficient (Wildman–Crippen LogP) is 5.39. The second-order valence-corrected chi connectivity index (χ2v) is 16.8. The number of aliphatic hydroxyl groups excluding tert-OH is 1. The Bertz CT molecular complexity index is 1180. The molecular weight excluding hydrogens is 558 g/mol. The Morgan fingerprint density at radius 1 is 1.16 bits per heavy atom. The molecule has 44 heavy (non-hydrogen) atoms. The number of fused-ring (bicyclic) bond motifs is 4. The van der Waals surface area contributed by atoms with E-state index in [1.54, 1.807) is 0 Å². The minimum absolute atomic E-state index is 0.0170. The number of amides is 1. The Hall–Kier alpha value is -1.19. The lowest BCUT2D eigenvalue weighted by Crippen LogP contribution is -2.58. The summed E-state index contributed by atoms with van der Waals surface area (Å²) in [5.74, 6) is 1.52. The molecule has 0 bridgehead atoms. The molecule has 248 valence electrons. The Kier molecular flexibility index (Phi) is 7.43. The molecule has 2 spiro atoms. The summed E-state index contributed by atoms with van der Waals surface area (Å²) >= 11 is 0. The highest BCUT2D eigenvalue weighted by molar-refractivity contribution is 5.68. The number of allylic oxidation sites excluding steroid dienone is 1. The second kappa shape index (κ2) is 10.4. The van der Waals surface area contributed by atoms with Crippen LogP contribution in [0.3, 0.4) is 0 Å². The number of carbonyl (C=O) groups is 1. The fourth-order valence-electron chi connectivity index (χ4n) is 12.8. The highest BCUT2D eigenvalue weighted by atomic mass is 16.6. The van der Waals surface area contributed by atoms with E-state index >= 15 is 0 Å². The smallest absolute Gasteiger partial charge is 0.408 e. The van der Waals surface area contributed by atoms with Gasteiger partial charge in [-0.15, -0.1) is 0 Å². The first-order chi connectivity index (χ1) is 20.8. The van der Waals surface area contributed by atoms with Gasteiger partial charge in [0.05, 0.1) is 43.2 Å². The molecule has 8 nitrogen and oxygen atoms in total. The van der Waals surface area contributed by atoms with E-state index in [9.17, 15) is 15.0 Å². The first kappa shape index (κ1) is 31.4. The summed E-state index contributed by atoms with van der Waals surface area (Å²) in [6.45, 7) is 16.6. The summed E-state index contributed by atoms with van der Waals surface area (Å²) < 4.78 is 24.3. The summed E-state index contributed by atoms with van der Waals surface area (Å²) in [6, 6.07) is 0.0645. The molecule has 2 heterocycles. The molecular formula is C36H57NO7. The summed E-state index contributed by atoms with van der Waals surface area (Å²) in [5.41, 5.74) is 0.495. The molecule has 3 N–H and O–H groups in total. The van der Waals surface area contributed by atoms with Crippen LogP contribution in [0.5, 0.6) is 0 Å². The van der Waals surface area contributed by atoms with E-state index in [1.165, 1.54) is 18.4 Å². The molecule has 0 aromatic carbocycles. The Labute approximate surface area is 264 Å². The van der Waals surface area contributed by atoms with Gasteiger partial charge in [0.15, 0.2) is 0 Å². The largest absolute Gasteiger partial charge is 0.442 e. The van der Waals surface area contributed by atoms with Crippen molar-refractivity contribution in [3.63, 3.8) is 0 Å². The fraction of sp³-hybridized carbons (Fsp3) is 0.917. The molecule has 7 aliphatic rings. The van der Waals surface area contributed by atoms with Crippen molar-refractivity contribution in [1.29, 1.82) is 0 Å². The van der Waals surface area contributed by atoms with Gasteiger partial charge >= 0.3 is 6.09 Å². The van der Waals surface area contributed by atoms with Gasteiger partial charge in [-0.2, -0.15) is 0 Å². The van der Waals surface area contributed by atoms with E-state index in [4.69, 9.17) is 18.9 Å². The van der Waals surface area contributed by atoms with Crippen LogP contribution in [-0.2, 0) is 18.9 Å². The van der Waals surface area contributed by atoms with E-state index in [1.807, 2.05) is 20.8 Å². The third kappa shape index (κ3) is 4.09. The van der Waals surface area contributed by atoms with Crippen LogP contribution in [0.15, 0.2) is 11.6 Å². The molecule has 7 rings (SSSR count). The SMILES string of the molecule is C/C=C1\C(OC(=O)NC2COC2)CCC23CC24CCC2(C)[C@@H]5[C@H](O[C@@H]([C@H](OCC)C(C)(C)O)C[C@H]5C)[C@H](O)[C@@]2(C)C4CC[C@@H]13. The van der Waals surface area contributed by atoms with Crippen molar-refractivity contribution >= 4 is 6.09 Å². The van der Waals surface area contributed by atoms with Crippen molar-refractivity contribution in [1.82, 2.24) is 5.32 Å². The van der Waals surface area contributed by atoms with Crippen LogP contribution >= 0.6 is 0 Å². The van der Waals surface area contributed by atoms with E-state index < -0.39 is 17.8 Å². The number of carbonyl (C=O) groups excluding carboxylic acids is 1. The van der Waals surface area contributed by atoms with Gasteiger partial charge in [-0.25, -0.2) is 4.79 Å². The van der Waals surface area contributed by atoms with Gasteiger partial charge in [0.2, 0.25) is 0 Å². The van der Waals surface area contributed by atoms with Crippen LogP contribution in [0.25, 0.3) is 0 Å². The number of hydrogen-bond donors (Lipinski definition) is 3. The highest BCUT2D eigenvalue weighted by Gasteiger charge is 2.84. The summed E-state index contributed by atoms with van der Waals surface area (Å²) in [7, 11) is 0. The zero-order chi connectivity index (χ0) is 31.4. The monoisotopic (exact) mass is 615 g/mol. The average molecular weight is 616 g/mol. The molecule has 0 radical (unpaired) electrons. The topological polar surface area (TPSA) is 106 Å². The van der Waals surface area contributed by atoms with Gasteiger partial charge in [0.25, 0.3) is 0 Å². The van der Waals surface area contributed by atoms with Crippen LogP contribution in [0.2, 0.25) is 0 Å². The van der Waals surface area contributed by atoms with E-state index in [2.05, 4.69) is 39.1 Å². The minimum Gasteiger partial charge on any atom is -0.442 e. The molecule has 5 aliphatic carbocycles. The lowest BCUT2D eigenvalue weighted by Gasteiger charge is -2.62. The van der Waals surface area contributed by atoms with E-state index in [0.29, 0.717) is 37.6 Å². The van der Waals surface area contributed by atoms with Crippen LogP contribution in [0.4, 0.5) is 4.79 Å². The van der Waals surface area contributed by atoms with Gasteiger partial charge in [-0.05, 0) is 125 Å². The second-order valence-electron chi connectivity index (χ2n) is 16.8. The van der Waals surface area contributed by atoms with E-state index in [-0.39, 0.29) is 58.0 Å². The molecule has 13 atom stereocenters. The van der Waals surface area contributed by atoms with E-state index in [0.717, 1.165) is 38.5 Å². The minimum atomic E-state index is -1.03. The average Bonchev–Trinajstić information content (AvgIpc) is 3.57. The zero-order valence-electron chi connectivity index (χ0n) is 28.1. The van der Waals surface area contributed by atoms with Gasteiger partial charge in [-0.1, -0.05) is 26.8 Å². The fourth-order valence-corrected chi connectivity index (χ4v) is 12.8. The maximum atomic E-state index is 12.7. The van der Waals surface area contributed by atoms with Gasteiger partial charge in [0.1, 0.15) is 12.2 Å². The van der Waals surface area contributed by atoms with Crippen LogP contribution in [-0.4, -0.2) is 78.3 Å². The molecule has 7 fully saturated rings. The zero-order valence-corrected chi connectivity index (χ0v) is 28.1. The van der Waals surface area contributed by atoms with Crippen molar-refractivity contribution in [2.75, 3.05) is 19.8 Å². The number of aliphatic hydroxyl groups is 2. The molecule has 5 saturated carbocycles.